The van der Waals surface area contributed by atoms with Crippen LogP contribution in [-0.2, 0) is 27.4 Å². The highest BCUT2D eigenvalue weighted by atomic mass is 32.2. The zero-order valence-corrected chi connectivity index (χ0v) is 17.2. The summed E-state index contributed by atoms with van der Waals surface area (Å²) in [5.41, 5.74) is 2.43. The number of thioether (sulfide) groups is 1. The number of ether oxygens (including phenoxy) is 1. The van der Waals surface area contributed by atoms with Crippen LogP contribution in [0.4, 0.5) is 5.69 Å². The summed E-state index contributed by atoms with van der Waals surface area (Å²) in [6, 6.07) is 17.5. The number of carbonyl (C=O) groups excluding carboxylic acids is 2. The average Bonchev–Trinajstić information content (AvgIpc) is 3.18. The van der Waals surface area contributed by atoms with Crippen molar-refractivity contribution in [2.45, 2.75) is 24.9 Å². The Hall–Kier alpha value is -3.39. The number of benzene rings is 2. The molecule has 0 saturated heterocycles. The number of aromatic nitrogens is 3. The van der Waals surface area contributed by atoms with Gasteiger partial charge in [-0.3, -0.25) is 9.59 Å². The van der Waals surface area contributed by atoms with E-state index < -0.39 is 5.97 Å². The van der Waals surface area contributed by atoms with E-state index in [0.29, 0.717) is 17.2 Å². The fourth-order valence-corrected chi connectivity index (χ4v) is 4.20. The monoisotopic (exact) mass is 420 g/mol. The Kier molecular flexibility index (Phi) is 5.94. The SMILES string of the molecule is CCOC(=O)Cn1nncc1CN1C(=O)/C(=C/c2ccccc2)Sc2ccccc21. The van der Waals surface area contributed by atoms with E-state index in [0.717, 1.165) is 16.1 Å². The van der Waals surface area contributed by atoms with Gasteiger partial charge in [0.2, 0.25) is 0 Å². The summed E-state index contributed by atoms with van der Waals surface area (Å²) >= 11 is 1.46. The van der Waals surface area contributed by atoms with Crippen LogP contribution in [0.2, 0.25) is 0 Å². The normalized spacial score (nSPS) is 14.6. The van der Waals surface area contributed by atoms with Crippen molar-refractivity contribution < 1.29 is 14.3 Å². The van der Waals surface area contributed by atoms with Crippen molar-refractivity contribution >= 4 is 35.4 Å². The number of fused-ring (bicyclic) bond motifs is 1. The molecule has 0 unspecified atom stereocenters. The van der Waals surface area contributed by atoms with Crippen molar-refractivity contribution in [2.24, 2.45) is 0 Å². The molecule has 30 heavy (non-hydrogen) atoms. The first-order valence-corrected chi connectivity index (χ1v) is 10.4. The summed E-state index contributed by atoms with van der Waals surface area (Å²) in [4.78, 5) is 28.5. The summed E-state index contributed by atoms with van der Waals surface area (Å²) in [6.45, 7) is 2.25. The topological polar surface area (TPSA) is 77.3 Å². The van der Waals surface area contributed by atoms with Crippen LogP contribution in [-0.4, -0.2) is 33.5 Å². The molecule has 2 heterocycles. The van der Waals surface area contributed by atoms with Crippen LogP contribution < -0.4 is 4.90 Å². The molecule has 1 aliphatic heterocycles. The van der Waals surface area contributed by atoms with Crippen molar-refractivity contribution in [2.75, 3.05) is 11.5 Å². The van der Waals surface area contributed by atoms with Gasteiger partial charge < -0.3 is 9.64 Å². The minimum absolute atomic E-state index is 0.0473. The molecule has 0 bridgehead atoms. The van der Waals surface area contributed by atoms with E-state index in [2.05, 4.69) is 10.3 Å². The van der Waals surface area contributed by atoms with E-state index >= 15 is 0 Å². The van der Waals surface area contributed by atoms with Crippen LogP contribution in [0, 0.1) is 0 Å². The molecule has 2 aromatic carbocycles. The zero-order valence-electron chi connectivity index (χ0n) is 16.4. The van der Waals surface area contributed by atoms with Gasteiger partial charge in [0, 0.05) is 4.90 Å². The van der Waals surface area contributed by atoms with Crippen LogP contribution in [0.15, 0.2) is 70.6 Å². The Labute approximate surface area is 178 Å². The van der Waals surface area contributed by atoms with Gasteiger partial charge in [-0.1, -0.05) is 59.4 Å². The molecule has 4 rings (SSSR count). The molecule has 0 aliphatic carbocycles. The Morgan fingerprint density at radius 1 is 1.13 bits per heavy atom. The lowest BCUT2D eigenvalue weighted by molar-refractivity contribution is -0.144. The van der Waals surface area contributed by atoms with Crippen molar-refractivity contribution in [3.63, 3.8) is 0 Å². The summed E-state index contributed by atoms with van der Waals surface area (Å²) in [6.07, 6.45) is 3.46. The fraction of sp³-hybridized carbons (Fsp3) is 0.182. The van der Waals surface area contributed by atoms with Crippen LogP contribution in [0.1, 0.15) is 18.2 Å². The molecule has 1 aliphatic rings. The number of hydrogen-bond acceptors (Lipinski definition) is 6. The number of nitrogens with zero attached hydrogens (tertiary/aromatic N) is 4. The Morgan fingerprint density at radius 3 is 2.70 bits per heavy atom. The van der Waals surface area contributed by atoms with Crippen LogP contribution >= 0.6 is 11.8 Å². The summed E-state index contributed by atoms with van der Waals surface area (Å²) in [5, 5.41) is 7.90. The van der Waals surface area contributed by atoms with E-state index in [1.807, 2.05) is 60.7 Å². The predicted octanol–water partition coefficient (Wildman–Crippen LogP) is 3.52. The van der Waals surface area contributed by atoms with E-state index in [-0.39, 0.29) is 19.0 Å². The molecule has 152 valence electrons. The predicted molar refractivity (Wildman–Crippen MR) is 115 cm³/mol. The lowest BCUT2D eigenvalue weighted by Gasteiger charge is -2.30. The second-order valence-corrected chi connectivity index (χ2v) is 7.65. The van der Waals surface area contributed by atoms with Crippen molar-refractivity contribution in [3.8, 4) is 0 Å². The summed E-state index contributed by atoms with van der Waals surface area (Å²) in [5.74, 6) is -0.499. The van der Waals surface area contributed by atoms with Gasteiger partial charge in [-0.05, 0) is 30.7 Å². The highest BCUT2D eigenvalue weighted by molar-refractivity contribution is 8.04. The maximum absolute atomic E-state index is 13.3. The molecule has 1 amide bonds. The first-order chi connectivity index (χ1) is 14.7. The summed E-state index contributed by atoms with van der Waals surface area (Å²) < 4.78 is 6.47. The lowest BCUT2D eigenvalue weighted by atomic mass is 10.2. The minimum atomic E-state index is -0.394. The number of amides is 1. The van der Waals surface area contributed by atoms with E-state index in [1.54, 1.807) is 18.0 Å². The van der Waals surface area contributed by atoms with Gasteiger partial charge in [0.15, 0.2) is 0 Å². The van der Waals surface area contributed by atoms with Gasteiger partial charge in [-0.15, -0.1) is 5.10 Å². The number of rotatable bonds is 6. The minimum Gasteiger partial charge on any atom is -0.465 e. The number of hydrogen-bond donors (Lipinski definition) is 0. The number of esters is 1. The number of anilines is 1. The lowest BCUT2D eigenvalue weighted by Crippen LogP contribution is -2.34. The number of para-hydroxylation sites is 1. The van der Waals surface area contributed by atoms with E-state index in [1.165, 1.54) is 16.4 Å². The molecule has 8 heteroatoms. The maximum Gasteiger partial charge on any atom is 0.327 e. The fourth-order valence-electron chi connectivity index (χ4n) is 3.15. The molecule has 0 spiro atoms. The molecule has 7 nitrogen and oxygen atoms in total. The van der Waals surface area contributed by atoms with E-state index in [9.17, 15) is 9.59 Å². The standard InChI is InChI=1S/C22H20N4O3S/c1-2-29-21(27)15-26-17(13-23-24-26)14-25-18-10-6-7-11-19(18)30-20(22(25)28)12-16-8-4-3-5-9-16/h3-13H,2,14-15H2,1H3/b20-12-. The van der Waals surface area contributed by atoms with Gasteiger partial charge in [0.25, 0.3) is 5.91 Å². The Bertz CT molecular complexity index is 1090. The van der Waals surface area contributed by atoms with Gasteiger partial charge in [-0.2, -0.15) is 0 Å². The molecule has 1 aromatic heterocycles. The quantitative estimate of drug-likeness (QED) is 0.449. The summed E-state index contributed by atoms with van der Waals surface area (Å²) in [7, 11) is 0. The van der Waals surface area contributed by atoms with Crippen LogP contribution in [0.3, 0.4) is 0 Å². The molecule has 0 radical (unpaired) electrons. The highest BCUT2D eigenvalue weighted by Gasteiger charge is 2.30. The Balaban J connectivity index is 1.65. The van der Waals surface area contributed by atoms with Gasteiger partial charge >= 0.3 is 5.97 Å². The zero-order chi connectivity index (χ0) is 20.9. The molecule has 0 saturated carbocycles. The maximum atomic E-state index is 13.3. The first kappa shape index (κ1) is 19.9. The van der Waals surface area contributed by atoms with E-state index in [4.69, 9.17) is 4.74 Å². The molecular formula is C22H20N4O3S. The molecule has 0 fully saturated rings. The van der Waals surface area contributed by atoms with Gasteiger partial charge in [0.05, 0.1) is 35.6 Å². The third kappa shape index (κ3) is 4.28. The molecule has 0 atom stereocenters. The van der Waals surface area contributed by atoms with Crippen molar-refractivity contribution in [1.82, 2.24) is 15.0 Å². The molecular weight excluding hydrogens is 400 g/mol. The van der Waals surface area contributed by atoms with Gasteiger partial charge in [-0.25, -0.2) is 4.68 Å². The molecule has 0 N–H and O–H groups in total. The Morgan fingerprint density at radius 2 is 1.90 bits per heavy atom. The van der Waals surface area contributed by atoms with Crippen LogP contribution in [0.5, 0.6) is 0 Å². The van der Waals surface area contributed by atoms with Crippen molar-refractivity contribution in [1.29, 1.82) is 0 Å². The van der Waals surface area contributed by atoms with Crippen molar-refractivity contribution in [3.05, 3.63) is 77.0 Å². The third-order valence-electron chi connectivity index (χ3n) is 4.53. The second kappa shape index (κ2) is 8.96. The second-order valence-electron chi connectivity index (χ2n) is 6.57. The largest absolute Gasteiger partial charge is 0.465 e. The smallest absolute Gasteiger partial charge is 0.327 e. The first-order valence-electron chi connectivity index (χ1n) is 9.54. The third-order valence-corrected chi connectivity index (χ3v) is 5.61. The molecule has 3 aromatic rings. The van der Waals surface area contributed by atoms with Gasteiger partial charge in [0.1, 0.15) is 6.54 Å². The van der Waals surface area contributed by atoms with Crippen LogP contribution in [0.25, 0.3) is 6.08 Å². The number of carbonyl (C=O) groups is 2. The average molecular weight is 420 g/mol. The highest BCUT2D eigenvalue weighted by Crippen LogP contribution is 2.42.